The summed E-state index contributed by atoms with van der Waals surface area (Å²) in [4.78, 5) is 21.9. The minimum Gasteiger partial charge on any atom is -0.288 e. The van der Waals surface area contributed by atoms with Gasteiger partial charge in [-0.05, 0) is 12.1 Å². The molecule has 4 heteroatoms. The van der Waals surface area contributed by atoms with Crippen molar-refractivity contribution in [3.05, 3.63) is 35.4 Å². The van der Waals surface area contributed by atoms with Crippen LogP contribution in [0, 0.1) is 0 Å². The number of amides is 2. The predicted octanol–water partition coefficient (Wildman–Crippen LogP) is -2.43. The van der Waals surface area contributed by atoms with Crippen LogP contribution in [0.5, 0.6) is 0 Å². The maximum absolute atomic E-state index is 10.9. The molecule has 0 aromatic heterocycles. The molecule has 0 saturated carbocycles. The number of fused-ring (bicyclic) bond motifs is 1. The first-order valence-electron chi connectivity index (χ1n) is 3.24. The van der Waals surface area contributed by atoms with Gasteiger partial charge in [0.25, 0.3) is 11.8 Å². The Labute approximate surface area is 81.3 Å². The van der Waals surface area contributed by atoms with E-state index in [9.17, 15) is 9.59 Å². The first-order chi connectivity index (χ1) is 5.29. The van der Waals surface area contributed by atoms with Crippen molar-refractivity contribution in [3.8, 4) is 0 Å². The molecule has 0 bridgehead atoms. The number of imide groups is 1. The zero-order valence-electron chi connectivity index (χ0n) is 6.63. The van der Waals surface area contributed by atoms with Gasteiger partial charge in [0.1, 0.15) is 0 Å². The van der Waals surface area contributed by atoms with Crippen molar-refractivity contribution in [1.82, 2.24) is 5.32 Å². The predicted molar refractivity (Wildman–Crippen MR) is 38.2 cm³/mol. The molecule has 0 saturated heterocycles. The van der Waals surface area contributed by atoms with E-state index in [0.717, 1.165) is 0 Å². The second-order valence-corrected chi connectivity index (χ2v) is 2.33. The summed E-state index contributed by atoms with van der Waals surface area (Å²) >= 11 is 0. The number of benzene rings is 1. The van der Waals surface area contributed by atoms with Gasteiger partial charge in [0, 0.05) is 0 Å². The summed E-state index contributed by atoms with van der Waals surface area (Å²) in [6.07, 6.45) is 0. The van der Waals surface area contributed by atoms with Gasteiger partial charge < -0.3 is 0 Å². The minimum absolute atomic E-state index is 0. The first kappa shape index (κ1) is 9.05. The second-order valence-electron chi connectivity index (χ2n) is 2.33. The molecule has 54 valence electrons. The molecule has 1 aromatic rings. The fourth-order valence-corrected chi connectivity index (χ4v) is 1.12. The number of nitrogens with one attached hydrogen (secondary N) is 1. The Bertz CT molecular complexity index is 316. The van der Waals surface area contributed by atoms with E-state index in [1.54, 1.807) is 24.3 Å². The summed E-state index contributed by atoms with van der Waals surface area (Å²) in [5, 5.41) is 2.20. The SMILES string of the molecule is O=C1NC(=O)c2ccccc21.[Li+]. The maximum atomic E-state index is 10.9. The quantitative estimate of drug-likeness (QED) is 0.333. The smallest absolute Gasteiger partial charge is 0.288 e. The first-order valence-corrected chi connectivity index (χ1v) is 3.24. The second kappa shape index (κ2) is 3.14. The van der Waals surface area contributed by atoms with Crippen molar-refractivity contribution in [2.45, 2.75) is 0 Å². The van der Waals surface area contributed by atoms with Crippen molar-refractivity contribution in [2.24, 2.45) is 0 Å². The topological polar surface area (TPSA) is 46.2 Å². The van der Waals surface area contributed by atoms with Gasteiger partial charge in [-0.2, -0.15) is 0 Å². The third-order valence-electron chi connectivity index (χ3n) is 1.64. The molecule has 0 atom stereocenters. The van der Waals surface area contributed by atoms with E-state index in [-0.39, 0.29) is 30.7 Å². The Morgan fingerprint density at radius 3 is 1.75 bits per heavy atom. The van der Waals surface area contributed by atoms with Gasteiger partial charge in [-0.15, -0.1) is 0 Å². The van der Waals surface area contributed by atoms with Crippen LogP contribution in [0.1, 0.15) is 20.7 Å². The fourth-order valence-electron chi connectivity index (χ4n) is 1.12. The Kier molecular flexibility index (Phi) is 2.37. The van der Waals surface area contributed by atoms with E-state index >= 15 is 0 Å². The summed E-state index contributed by atoms with van der Waals surface area (Å²) in [5.74, 6) is -0.601. The van der Waals surface area contributed by atoms with Gasteiger partial charge >= 0.3 is 18.9 Å². The van der Waals surface area contributed by atoms with Crippen LogP contribution in [0.3, 0.4) is 0 Å². The van der Waals surface area contributed by atoms with Gasteiger partial charge in [-0.1, -0.05) is 12.1 Å². The average molecular weight is 154 g/mol. The van der Waals surface area contributed by atoms with E-state index in [1.165, 1.54) is 0 Å². The molecule has 1 heterocycles. The number of hydrogen-bond acceptors (Lipinski definition) is 2. The number of carbonyl (C=O) groups excluding carboxylic acids is 2. The Hall–Kier alpha value is -1.04. The van der Waals surface area contributed by atoms with Crippen molar-refractivity contribution in [2.75, 3.05) is 0 Å². The molecule has 12 heavy (non-hydrogen) atoms. The standard InChI is InChI=1S/C8H5NO2.Li/c10-7-5-3-1-2-4-6(5)8(11)9-7;/h1-4H,(H,9,10,11);/q;+1. The van der Waals surface area contributed by atoms with Crippen LogP contribution in [0.4, 0.5) is 0 Å². The van der Waals surface area contributed by atoms with E-state index in [4.69, 9.17) is 0 Å². The van der Waals surface area contributed by atoms with E-state index < -0.39 is 0 Å². The van der Waals surface area contributed by atoms with E-state index in [1.807, 2.05) is 0 Å². The molecule has 1 aliphatic heterocycles. The van der Waals surface area contributed by atoms with Gasteiger partial charge in [-0.3, -0.25) is 14.9 Å². The summed E-state index contributed by atoms with van der Waals surface area (Å²) in [6, 6.07) is 6.74. The molecule has 0 fully saturated rings. The van der Waals surface area contributed by atoms with Gasteiger partial charge in [0.15, 0.2) is 0 Å². The third-order valence-corrected chi connectivity index (χ3v) is 1.64. The molecule has 1 aromatic carbocycles. The molecule has 0 aliphatic carbocycles. The molecule has 3 nitrogen and oxygen atoms in total. The van der Waals surface area contributed by atoms with Crippen LogP contribution in [-0.4, -0.2) is 11.8 Å². The molecule has 2 rings (SSSR count). The normalized spacial score (nSPS) is 13.3. The van der Waals surface area contributed by atoms with Crippen LogP contribution in [0.2, 0.25) is 0 Å². The molecule has 0 unspecified atom stereocenters. The van der Waals surface area contributed by atoms with Crippen LogP contribution in [0.15, 0.2) is 24.3 Å². The molecule has 0 radical (unpaired) electrons. The zero-order valence-corrected chi connectivity index (χ0v) is 6.63. The van der Waals surface area contributed by atoms with Gasteiger partial charge in [0.2, 0.25) is 0 Å². The Balaban J connectivity index is 0.000000720. The van der Waals surface area contributed by atoms with Crippen molar-refractivity contribution in [3.63, 3.8) is 0 Å². The molecule has 1 N–H and O–H groups in total. The van der Waals surface area contributed by atoms with E-state index in [0.29, 0.717) is 11.1 Å². The summed E-state index contributed by atoms with van der Waals surface area (Å²) < 4.78 is 0. The van der Waals surface area contributed by atoms with Crippen molar-refractivity contribution >= 4 is 11.8 Å². The molecule has 1 aliphatic rings. The summed E-state index contributed by atoms with van der Waals surface area (Å²) in [5.41, 5.74) is 0.940. The van der Waals surface area contributed by atoms with Crippen LogP contribution < -0.4 is 24.2 Å². The van der Waals surface area contributed by atoms with Gasteiger partial charge in [-0.25, -0.2) is 0 Å². The van der Waals surface area contributed by atoms with Crippen LogP contribution in [-0.2, 0) is 0 Å². The average Bonchev–Trinajstić information content (AvgIpc) is 2.30. The number of carbonyl (C=O) groups is 2. The largest absolute Gasteiger partial charge is 1.00 e. The Morgan fingerprint density at radius 2 is 1.33 bits per heavy atom. The molecule has 0 spiro atoms. The summed E-state index contributed by atoms with van der Waals surface area (Å²) in [6.45, 7) is 0. The fraction of sp³-hybridized carbons (Fsp3) is 0. The third kappa shape index (κ3) is 1.18. The van der Waals surface area contributed by atoms with Crippen LogP contribution >= 0.6 is 0 Å². The van der Waals surface area contributed by atoms with Crippen molar-refractivity contribution in [1.29, 1.82) is 0 Å². The summed E-state index contributed by atoms with van der Waals surface area (Å²) in [7, 11) is 0. The Morgan fingerprint density at radius 1 is 0.917 bits per heavy atom. The van der Waals surface area contributed by atoms with Crippen LogP contribution in [0.25, 0.3) is 0 Å². The van der Waals surface area contributed by atoms with Gasteiger partial charge in [0.05, 0.1) is 11.1 Å². The maximum Gasteiger partial charge on any atom is 1.00 e. The van der Waals surface area contributed by atoms with Crippen molar-refractivity contribution < 1.29 is 28.4 Å². The molecule has 2 amide bonds. The zero-order chi connectivity index (χ0) is 7.84. The number of rotatable bonds is 0. The monoisotopic (exact) mass is 154 g/mol. The molecular weight excluding hydrogens is 149 g/mol. The van der Waals surface area contributed by atoms with E-state index in [2.05, 4.69) is 5.32 Å². The minimum atomic E-state index is -0.300. The number of hydrogen-bond donors (Lipinski definition) is 1. The molecular formula is C8H5LiNO2+.